The number of carbonyl (C=O) groups is 1. The fourth-order valence-electron chi connectivity index (χ4n) is 2.05. The predicted molar refractivity (Wildman–Crippen MR) is 93.3 cm³/mol. The highest BCUT2D eigenvalue weighted by Gasteiger charge is 2.07. The summed E-state index contributed by atoms with van der Waals surface area (Å²) in [7, 11) is 0. The number of nitrogens with two attached hydrogens (primary N) is 1. The molecule has 130 valence electrons. The molecule has 2 rings (SSSR count). The predicted octanol–water partition coefficient (Wildman–Crippen LogP) is 2.82. The van der Waals surface area contributed by atoms with Gasteiger partial charge in [-0.3, -0.25) is 9.79 Å². The molecule has 2 aromatic rings. The lowest BCUT2D eigenvalue weighted by atomic mass is 10.1. The highest BCUT2D eigenvalue weighted by atomic mass is 19.1. The number of aromatic nitrogens is 1. The van der Waals surface area contributed by atoms with Crippen molar-refractivity contribution in [1.82, 2.24) is 4.98 Å². The Bertz CT molecular complexity index is 781. The first-order valence-corrected chi connectivity index (χ1v) is 7.64. The lowest BCUT2D eigenvalue weighted by molar-refractivity contribution is -0.112. The van der Waals surface area contributed by atoms with Crippen LogP contribution >= 0.6 is 0 Å². The number of carbonyl (C=O) groups excluding carboxylic acids is 1. The van der Waals surface area contributed by atoms with Crippen LogP contribution in [0.2, 0.25) is 0 Å². The number of anilines is 1. The average Bonchev–Trinajstić information content (AvgIpc) is 2.56. The fourth-order valence-corrected chi connectivity index (χ4v) is 2.05. The zero-order valence-electron chi connectivity index (χ0n) is 13.7. The number of aliphatic imine (C=N–C) groups is 1. The van der Waals surface area contributed by atoms with E-state index < -0.39 is 17.5 Å². The van der Waals surface area contributed by atoms with Gasteiger partial charge in [0.25, 0.3) is 5.91 Å². The number of allylic oxidation sites excluding steroid dienone is 1. The van der Waals surface area contributed by atoms with Crippen molar-refractivity contribution in [1.29, 1.82) is 0 Å². The number of pyridine rings is 1. The van der Waals surface area contributed by atoms with Gasteiger partial charge in [-0.1, -0.05) is 6.07 Å². The second kappa shape index (κ2) is 8.68. The highest BCUT2D eigenvalue weighted by molar-refractivity contribution is 6.04. The lowest BCUT2D eigenvalue weighted by Crippen LogP contribution is -2.20. The first-order valence-electron chi connectivity index (χ1n) is 7.64. The van der Waals surface area contributed by atoms with Gasteiger partial charge in [0.15, 0.2) is 0 Å². The second-order valence-electron chi connectivity index (χ2n) is 5.23. The Morgan fingerprint density at radius 1 is 1.24 bits per heavy atom. The van der Waals surface area contributed by atoms with Gasteiger partial charge in [-0.15, -0.1) is 0 Å². The number of nitrogens with one attached hydrogen (secondary N) is 1. The molecule has 0 atom stereocenters. The molecule has 7 heteroatoms. The molecule has 0 spiro atoms. The quantitative estimate of drug-likeness (QED) is 0.625. The number of benzene rings is 1. The van der Waals surface area contributed by atoms with E-state index in [4.69, 9.17) is 5.73 Å². The van der Waals surface area contributed by atoms with E-state index >= 15 is 0 Å². The summed E-state index contributed by atoms with van der Waals surface area (Å²) in [5.41, 5.74) is 6.89. The summed E-state index contributed by atoms with van der Waals surface area (Å²) in [6, 6.07) is 6.66. The summed E-state index contributed by atoms with van der Waals surface area (Å²) >= 11 is 0. The lowest BCUT2D eigenvalue weighted by Gasteiger charge is -2.06. The van der Waals surface area contributed by atoms with E-state index in [9.17, 15) is 13.6 Å². The third kappa shape index (κ3) is 5.80. The maximum atomic E-state index is 13.2. The van der Waals surface area contributed by atoms with Gasteiger partial charge in [0.2, 0.25) is 0 Å². The summed E-state index contributed by atoms with van der Waals surface area (Å²) in [6.07, 6.45) is 4.72. The minimum Gasteiger partial charge on any atom is -0.394 e. The van der Waals surface area contributed by atoms with E-state index in [0.717, 1.165) is 11.6 Å². The molecule has 0 saturated carbocycles. The Morgan fingerprint density at radius 2 is 1.96 bits per heavy atom. The molecule has 0 saturated heterocycles. The third-order valence-electron chi connectivity index (χ3n) is 3.20. The Kier molecular flexibility index (Phi) is 6.33. The summed E-state index contributed by atoms with van der Waals surface area (Å²) in [5, 5.41) is 2.55. The van der Waals surface area contributed by atoms with E-state index in [1.54, 1.807) is 12.1 Å². The van der Waals surface area contributed by atoms with Crippen molar-refractivity contribution >= 4 is 17.9 Å². The average molecular weight is 344 g/mol. The fraction of sp³-hybridized carbons (Fsp3) is 0.167. The summed E-state index contributed by atoms with van der Waals surface area (Å²) < 4.78 is 26.4. The summed E-state index contributed by atoms with van der Waals surface area (Å²) in [5.74, 6) is -1.42. The van der Waals surface area contributed by atoms with Crippen LogP contribution in [0.25, 0.3) is 0 Å². The van der Waals surface area contributed by atoms with Gasteiger partial charge in [-0.05, 0) is 48.7 Å². The largest absolute Gasteiger partial charge is 0.394 e. The van der Waals surface area contributed by atoms with Crippen molar-refractivity contribution in [3.05, 3.63) is 71.1 Å². The second-order valence-corrected chi connectivity index (χ2v) is 5.23. The van der Waals surface area contributed by atoms with Gasteiger partial charge in [0.1, 0.15) is 17.5 Å². The highest BCUT2D eigenvalue weighted by Crippen LogP contribution is 2.14. The van der Waals surface area contributed by atoms with Gasteiger partial charge in [-0.25, -0.2) is 13.8 Å². The monoisotopic (exact) mass is 344 g/mol. The molecule has 25 heavy (non-hydrogen) atoms. The normalized spacial score (nSPS) is 11.7. The zero-order chi connectivity index (χ0) is 18.2. The Labute approximate surface area is 144 Å². The molecule has 1 amide bonds. The van der Waals surface area contributed by atoms with Crippen LogP contribution in [0.3, 0.4) is 0 Å². The maximum absolute atomic E-state index is 13.2. The van der Waals surface area contributed by atoms with Crippen molar-refractivity contribution in [3.63, 3.8) is 0 Å². The molecular formula is C18H18F2N4O. The third-order valence-corrected chi connectivity index (χ3v) is 3.20. The smallest absolute Gasteiger partial charge is 0.272 e. The van der Waals surface area contributed by atoms with E-state index in [2.05, 4.69) is 15.3 Å². The molecule has 1 aromatic heterocycles. The first kappa shape index (κ1) is 18.3. The minimum atomic E-state index is -0.624. The van der Waals surface area contributed by atoms with Crippen LogP contribution in [-0.2, 0) is 11.2 Å². The van der Waals surface area contributed by atoms with Gasteiger partial charge < -0.3 is 11.1 Å². The molecule has 5 nitrogen and oxygen atoms in total. The summed E-state index contributed by atoms with van der Waals surface area (Å²) in [4.78, 5) is 19.9. The van der Waals surface area contributed by atoms with E-state index in [0.29, 0.717) is 24.3 Å². The first-order chi connectivity index (χ1) is 12.0. The molecule has 1 aromatic carbocycles. The van der Waals surface area contributed by atoms with Crippen molar-refractivity contribution < 1.29 is 13.6 Å². The van der Waals surface area contributed by atoms with E-state index in [1.165, 1.54) is 30.6 Å². The molecular weight excluding hydrogens is 326 g/mol. The van der Waals surface area contributed by atoms with Crippen molar-refractivity contribution in [3.8, 4) is 0 Å². The van der Waals surface area contributed by atoms with Gasteiger partial charge >= 0.3 is 0 Å². The Balaban J connectivity index is 2.01. The van der Waals surface area contributed by atoms with Gasteiger partial charge in [-0.2, -0.15) is 0 Å². The van der Waals surface area contributed by atoms with Crippen molar-refractivity contribution in [2.24, 2.45) is 10.7 Å². The maximum Gasteiger partial charge on any atom is 0.272 e. The zero-order valence-corrected chi connectivity index (χ0v) is 13.7. The molecule has 0 radical (unpaired) electrons. The number of hydrogen-bond acceptors (Lipinski definition) is 4. The minimum absolute atomic E-state index is 0.0123. The Morgan fingerprint density at radius 3 is 2.56 bits per heavy atom. The van der Waals surface area contributed by atoms with Crippen molar-refractivity contribution in [2.45, 2.75) is 13.3 Å². The standard InChI is InChI=1S/C18H18F2N4O/c1-2-22-6-5-16(21)18(25)24-17-4-3-12(11-23-17)7-13-8-14(19)10-15(20)9-13/h3-6,8-11H,2,7,21H2,1H3,(H,23,24,25). The van der Waals surface area contributed by atoms with Crippen LogP contribution in [-0.4, -0.2) is 23.7 Å². The number of rotatable bonds is 6. The number of nitrogens with zero attached hydrogens (tertiary/aromatic N) is 2. The van der Waals surface area contributed by atoms with Gasteiger partial charge in [0, 0.05) is 25.0 Å². The number of amides is 1. The molecule has 3 N–H and O–H groups in total. The molecule has 0 bridgehead atoms. The molecule has 0 aliphatic rings. The Hall–Kier alpha value is -3.09. The molecule has 0 fully saturated rings. The molecule has 0 aliphatic heterocycles. The van der Waals surface area contributed by atoms with E-state index in [1.807, 2.05) is 6.92 Å². The number of halogens is 2. The van der Waals surface area contributed by atoms with Crippen LogP contribution in [0.5, 0.6) is 0 Å². The topological polar surface area (TPSA) is 80.4 Å². The molecule has 1 heterocycles. The van der Waals surface area contributed by atoms with Crippen molar-refractivity contribution in [2.75, 3.05) is 11.9 Å². The van der Waals surface area contributed by atoms with Crippen LogP contribution in [0.4, 0.5) is 14.6 Å². The van der Waals surface area contributed by atoms with Crippen LogP contribution in [0, 0.1) is 11.6 Å². The van der Waals surface area contributed by atoms with Crippen LogP contribution < -0.4 is 11.1 Å². The van der Waals surface area contributed by atoms with Gasteiger partial charge in [0.05, 0.1) is 5.70 Å². The molecule has 0 unspecified atom stereocenters. The van der Waals surface area contributed by atoms with Crippen LogP contribution in [0.15, 0.2) is 53.3 Å². The SMILES string of the molecule is CCN=CC=C(N)C(=O)Nc1ccc(Cc2cc(F)cc(F)c2)cn1. The summed E-state index contributed by atoms with van der Waals surface area (Å²) in [6.45, 7) is 2.47. The molecule has 0 aliphatic carbocycles. The van der Waals surface area contributed by atoms with E-state index in [-0.39, 0.29) is 5.70 Å². The number of hydrogen-bond donors (Lipinski definition) is 2. The van der Waals surface area contributed by atoms with Crippen LogP contribution in [0.1, 0.15) is 18.1 Å².